The van der Waals surface area contributed by atoms with E-state index in [0.717, 1.165) is 51.3 Å². The summed E-state index contributed by atoms with van der Waals surface area (Å²) in [5.41, 5.74) is 3.89. The predicted octanol–water partition coefficient (Wildman–Crippen LogP) is 2.94. The fraction of sp³-hybridized carbons (Fsp3) is 0.429. The van der Waals surface area contributed by atoms with Gasteiger partial charge < -0.3 is 15.2 Å². The van der Waals surface area contributed by atoms with E-state index in [9.17, 15) is 5.11 Å². The summed E-state index contributed by atoms with van der Waals surface area (Å²) in [4.78, 5) is 2.42. The van der Waals surface area contributed by atoms with Gasteiger partial charge in [0.05, 0.1) is 13.2 Å². The zero-order valence-electron chi connectivity index (χ0n) is 14.9. The topological polar surface area (TPSA) is 44.7 Å². The van der Waals surface area contributed by atoms with Gasteiger partial charge >= 0.3 is 0 Å². The van der Waals surface area contributed by atoms with E-state index in [4.69, 9.17) is 4.74 Å². The van der Waals surface area contributed by atoms with Crippen molar-refractivity contribution in [3.8, 4) is 5.75 Å². The molecule has 0 atom stereocenters. The molecule has 0 amide bonds. The zero-order chi connectivity index (χ0) is 17.5. The normalized spacial score (nSPS) is 16.1. The summed E-state index contributed by atoms with van der Waals surface area (Å²) in [6, 6.07) is 17.0. The molecule has 0 bridgehead atoms. The van der Waals surface area contributed by atoms with Crippen molar-refractivity contribution in [3.05, 3.63) is 65.2 Å². The van der Waals surface area contributed by atoms with Crippen LogP contribution >= 0.6 is 0 Å². The number of nitrogens with one attached hydrogen (secondary N) is 1. The van der Waals surface area contributed by atoms with Crippen molar-refractivity contribution in [2.24, 2.45) is 0 Å². The molecule has 2 aromatic carbocycles. The van der Waals surface area contributed by atoms with Gasteiger partial charge in [0.25, 0.3) is 0 Å². The van der Waals surface area contributed by atoms with Crippen molar-refractivity contribution in [1.82, 2.24) is 10.2 Å². The summed E-state index contributed by atoms with van der Waals surface area (Å²) in [6.07, 6.45) is 1.69. The fourth-order valence-corrected chi connectivity index (χ4v) is 3.19. The average Bonchev–Trinajstić information content (AvgIpc) is 2.66. The van der Waals surface area contributed by atoms with E-state index in [-0.39, 0.29) is 6.10 Å². The second-order valence-electron chi connectivity index (χ2n) is 6.78. The minimum atomic E-state index is -0.101. The first-order valence-corrected chi connectivity index (χ1v) is 9.05. The number of aliphatic hydroxyl groups excluding tert-OH is 1. The molecule has 0 radical (unpaired) electrons. The summed E-state index contributed by atoms with van der Waals surface area (Å²) < 4.78 is 5.18. The van der Waals surface area contributed by atoms with E-state index in [1.54, 1.807) is 7.11 Å². The standard InChI is InChI=1S/C21H28N2O2/c1-25-21-8-6-18(7-9-21)15-22-14-17-2-4-19(5-3-17)16-23-12-10-20(24)11-13-23/h2-9,20,22,24H,10-16H2,1H3. The first kappa shape index (κ1) is 17.9. The summed E-state index contributed by atoms with van der Waals surface area (Å²) in [7, 11) is 1.69. The van der Waals surface area contributed by atoms with Gasteiger partial charge in [-0.25, -0.2) is 0 Å². The molecule has 1 heterocycles. The fourth-order valence-electron chi connectivity index (χ4n) is 3.19. The molecule has 0 spiro atoms. The third-order valence-electron chi connectivity index (χ3n) is 4.80. The highest BCUT2D eigenvalue weighted by atomic mass is 16.5. The number of rotatable bonds is 7. The van der Waals surface area contributed by atoms with Gasteiger partial charge in [-0.15, -0.1) is 0 Å². The molecule has 2 aromatic rings. The van der Waals surface area contributed by atoms with Gasteiger partial charge in [-0.2, -0.15) is 0 Å². The van der Waals surface area contributed by atoms with Crippen LogP contribution in [0.1, 0.15) is 29.5 Å². The molecule has 1 aliphatic heterocycles. The number of likely N-dealkylation sites (tertiary alicyclic amines) is 1. The van der Waals surface area contributed by atoms with Gasteiger partial charge in [-0.1, -0.05) is 36.4 Å². The minimum absolute atomic E-state index is 0.101. The molecule has 4 heteroatoms. The van der Waals surface area contributed by atoms with Gasteiger partial charge in [-0.05, 0) is 41.7 Å². The Morgan fingerprint density at radius 3 is 2.00 bits per heavy atom. The molecular formula is C21H28N2O2. The van der Waals surface area contributed by atoms with Crippen LogP contribution in [0.3, 0.4) is 0 Å². The zero-order valence-corrected chi connectivity index (χ0v) is 14.9. The molecule has 4 nitrogen and oxygen atoms in total. The lowest BCUT2D eigenvalue weighted by Gasteiger charge is -2.29. The molecule has 1 fully saturated rings. The molecule has 0 unspecified atom stereocenters. The van der Waals surface area contributed by atoms with Gasteiger partial charge in [0.2, 0.25) is 0 Å². The lowest BCUT2D eigenvalue weighted by atomic mass is 10.1. The van der Waals surface area contributed by atoms with Crippen molar-refractivity contribution in [3.63, 3.8) is 0 Å². The summed E-state index contributed by atoms with van der Waals surface area (Å²) in [5.74, 6) is 0.891. The first-order chi connectivity index (χ1) is 12.2. The Kier molecular flexibility index (Phi) is 6.45. The molecule has 1 aliphatic rings. The van der Waals surface area contributed by atoms with Gasteiger partial charge in [0, 0.05) is 32.7 Å². The third kappa shape index (κ3) is 5.56. The maximum Gasteiger partial charge on any atom is 0.118 e. The van der Waals surface area contributed by atoms with Gasteiger partial charge in [0.15, 0.2) is 0 Å². The Morgan fingerprint density at radius 2 is 1.44 bits per heavy atom. The molecule has 0 aliphatic carbocycles. The maximum atomic E-state index is 9.58. The summed E-state index contributed by atoms with van der Waals surface area (Å²) in [5, 5.41) is 13.1. The Labute approximate surface area is 150 Å². The number of hydrogen-bond acceptors (Lipinski definition) is 4. The number of piperidine rings is 1. The molecule has 134 valence electrons. The Hall–Kier alpha value is -1.88. The quantitative estimate of drug-likeness (QED) is 0.813. The van der Waals surface area contributed by atoms with Crippen molar-refractivity contribution in [2.45, 2.75) is 38.6 Å². The molecule has 0 aromatic heterocycles. The lowest BCUT2D eigenvalue weighted by Crippen LogP contribution is -2.35. The number of benzene rings is 2. The highest BCUT2D eigenvalue weighted by molar-refractivity contribution is 5.27. The van der Waals surface area contributed by atoms with Crippen molar-refractivity contribution in [1.29, 1.82) is 0 Å². The molecular weight excluding hydrogens is 312 g/mol. The van der Waals surface area contributed by atoms with Crippen LogP contribution in [0.5, 0.6) is 5.75 Å². The molecule has 1 saturated heterocycles. The van der Waals surface area contributed by atoms with Gasteiger partial charge in [-0.3, -0.25) is 4.90 Å². The van der Waals surface area contributed by atoms with Crippen LogP contribution in [0.2, 0.25) is 0 Å². The molecule has 25 heavy (non-hydrogen) atoms. The van der Waals surface area contributed by atoms with Crippen LogP contribution in [0.15, 0.2) is 48.5 Å². The largest absolute Gasteiger partial charge is 0.497 e. The van der Waals surface area contributed by atoms with E-state index >= 15 is 0 Å². The lowest BCUT2D eigenvalue weighted by molar-refractivity contribution is 0.0792. The minimum Gasteiger partial charge on any atom is -0.497 e. The average molecular weight is 340 g/mol. The van der Waals surface area contributed by atoms with E-state index in [2.05, 4.69) is 46.6 Å². The third-order valence-corrected chi connectivity index (χ3v) is 4.80. The highest BCUT2D eigenvalue weighted by Gasteiger charge is 2.16. The monoisotopic (exact) mass is 340 g/mol. The van der Waals surface area contributed by atoms with Crippen molar-refractivity contribution in [2.75, 3.05) is 20.2 Å². The van der Waals surface area contributed by atoms with Crippen LogP contribution in [0.25, 0.3) is 0 Å². The summed E-state index contributed by atoms with van der Waals surface area (Å²) >= 11 is 0. The van der Waals surface area contributed by atoms with Crippen molar-refractivity contribution >= 4 is 0 Å². The number of ether oxygens (including phenoxy) is 1. The maximum absolute atomic E-state index is 9.58. The molecule has 0 saturated carbocycles. The number of methoxy groups -OCH3 is 1. The second-order valence-corrected chi connectivity index (χ2v) is 6.78. The molecule has 2 N–H and O–H groups in total. The van der Waals surface area contributed by atoms with E-state index in [1.165, 1.54) is 16.7 Å². The van der Waals surface area contributed by atoms with Crippen LogP contribution in [0, 0.1) is 0 Å². The van der Waals surface area contributed by atoms with Crippen LogP contribution in [0.4, 0.5) is 0 Å². The highest BCUT2D eigenvalue weighted by Crippen LogP contribution is 2.15. The number of aliphatic hydroxyl groups is 1. The number of hydrogen-bond donors (Lipinski definition) is 2. The summed E-state index contributed by atoms with van der Waals surface area (Å²) in [6.45, 7) is 4.68. The smallest absolute Gasteiger partial charge is 0.118 e. The van der Waals surface area contributed by atoms with E-state index in [1.807, 2.05) is 12.1 Å². The number of nitrogens with zero attached hydrogens (tertiary/aromatic N) is 1. The second kappa shape index (κ2) is 8.99. The van der Waals surface area contributed by atoms with Crippen LogP contribution < -0.4 is 10.1 Å². The van der Waals surface area contributed by atoms with E-state index in [0.29, 0.717) is 0 Å². The molecule has 3 rings (SSSR count). The first-order valence-electron chi connectivity index (χ1n) is 9.05. The van der Waals surface area contributed by atoms with Crippen LogP contribution in [-0.4, -0.2) is 36.3 Å². The van der Waals surface area contributed by atoms with E-state index < -0.39 is 0 Å². The SMILES string of the molecule is COc1ccc(CNCc2ccc(CN3CCC(O)CC3)cc2)cc1. The Morgan fingerprint density at radius 1 is 0.920 bits per heavy atom. The van der Waals surface area contributed by atoms with Crippen molar-refractivity contribution < 1.29 is 9.84 Å². The Bertz CT molecular complexity index is 632. The van der Waals surface area contributed by atoms with Crippen LogP contribution in [-0.2, 0) is 19.6 Å². The van der Waals surface area contributed by atoms with Gasteiger partial charge in [0.1, 0.15) is 5.75 Å². The predicted molar refractivity (Wildman–Crippen MR) is 100 cm³/mol. The Balaban J connectivity index is 1.42.